The van der Waals surface area contributed by atoms with Crippen LogP contribution >= 0.6 is 15.9 Å². The normalized spacial score (nSPS) is 20.1. The summed E-state index contributed by atoms with van der Waals surface area (Å²) in [5.41, 5.74) is 1.39. The van der Waals surface area contributed by atoms with Crippen LogP contribution in [0.1, 0.15) is 63.5 Å². The zero-order valence-corrected chi connectivity index (χ0v) is 12.9. The topological polar surface area (TPSA) is 12.0 Å². The molecule has 0 amide bonds. The van der Waals surface area contributed by atoms with Crippen molar-refractivity contribution in [3.63, 3.8) is 0 Å². The molecule has 0 radical (unpaired) electrons. The minimum atomic E-state index is 0.461. The maximum absolute atomic E-state index is 3.81. The minimum Gasteiger partial charge on any atom is -0.307 e. The maximum Gasteiger partial charge on any atom is 0.0294 e. The van der Waals surface area contributed by atoms with Crippen molar-refractivity contribution in [2.45, 2.75) is 64.0 Å². The van der Waals surface area contributed by atoms with E-state index in [1.54, 1.807) is 0 Å². The molecule has 18 heavy (non-hydrogen) atoms. The smallest absolute Gasteiger partial charge is 0.0294 e. The first kappa shape index (κ1) is 14.1. The Morgan fingerprint density at radius 3 is 2.17 bits per heavy atom. The highest BCUT2D eigenvalue weighted by atomic mass is 79.9. The van der Waals surface area contributed by atoms with E-state index in [9.17, 15) is 0 Å². The lowest BCUT2D eigenvalue weighted by molar-refractivity contribution is 0.363. The number of nitrogens with one attached hydrogen (secondary N) is 1. The van der Waals surface area contributed by atoms with Gasteiger partial charge in [0.05, 0.1) is 0 Å². The fourth-order valence-electron chi connectivity index (χ4n) is 2.82. The molecular formula is C16H24BrN. The van der Waals surface area contributed by atoms with Gasteiger partial charge in [-0.2, -0.15) is 0 Å². The molecule has 1 aliphatic carbocycles. The van der Waals surface area contributed by atoms with E-state index in [4.69, 9.17) is 0 Å². The highest BCUT2D eigenvalue weighted by Gasteiger charge is 2.14. The first-order valence-electron chi connectivity index (χ1n) is 7.27. The summed E-state index contributed by atoms with van der Waals surface area (Å²) in [6.07, 6.45) is 9.77. The number of hydrogen-bond donors (Lipinski definition) is 1. The summed E-state index contributed by atoms with van der Waals surface area (Å²) >= 11 is 3.49. The average Bonchev–Trinajstić information content (AvgIpc) is 2.33. The summed E-state index contributed by atoms with van der Waals surface area (Å²) in [6.45, 7) is 2.28. The molecule has 2 heteroatoms. The SMILES string of the molecule is C[C@H](NC1CCCCCCC1)c1ccc(Br)cc1. The molecule has 1 atom stereocenters. The summed E-state index contributed by atoms with van der Waals surface area (Å²) in [5, 5.41) is 3.81. The van der Waals surface area contributed by atoms with E-state index in [0.717, 1.165) is 4.47 Å². The largest absolute Gasteiger partial charge is 0.307 e. The van der Waals surface area contributed by atoms with E-state index in [0.29, 0.717) is 12.1 Å². The zero-order chi connectivity index (χ0) is 12.8. The molecule has 0 unspecified atom stereocenters. The van der Waals surface area contributed by atoms with Crippen molar-refractivity contribution in [3.8, 4) is 0 Å². The van der Waals surface area contributed by atoms with E-state index in [2.05, 4.69) is 52.4 Å². The van der Waals surface area contributed by atoms with Crippen LogP contribution in [0.3, 0.4) is 0 Å². The summed E-state index contributed by atoms with van der Waals surface area (Å²) in [4.78, 5) is 0. The van der Waals surface area contributed by atoms with Crippen molar-refractivity contribution in [1.82, 2.24) is 5.32 Å². The van der Waals surface area contributed by atoms with Crippen molar-refractivity contribution in [2.24, 2.45) is 0 Å². The first-order chi connectivity index (χ1) is 8.75. The van der Waals surface area contributed by atoms with Crippen LogP contribution in [0.2, 0.25) is 0 Å². The Balaban J connectivity index is 1.88. The molecule has 0 heterocycles. The molecule has 0 spiro atoms. The van der Waals surface area contributed by atoms with Gasteiger partial charge in [0.15, 0.2) is 0 Å². The van der Waals surface area contributed by atoms with Crippen LogP contribution in [0.25, 0.3) is 0 Å². The zero-order valence-electron chi connectivity index (χ0n) is 11.3. The summed E-state index contributed by atoms with van der Waals surface area (Å²) < 4.78 is 1.16. The third-order valence-electron chi connectivity index (χ3n) is 3.96. The van der Waals surface area contributed by atoms with Gasteiger partial charge < -0.3 is 5.32 Å². The van der Waals surface area contributed by atoms with E-state index in [1.807, 2.05) is 0 Å². The Morgan fingerprint density at radius 1 is 1.00 bits per heavy atom. The van der Waals surface area contributed by atoms with E-state index in [-0.39, 0.29) is 0 Å². The third-order valence-corrected chi connectivity index (χ3v) is 4.49. The van der Waals surface area contributed by atoms with Crippen molar-refractivity contribution in [2.75, 3.05) is 0 Å². The second-order valence-electron chi connectivity index (χ2n) is 5.48. The molecule has 100 valence electrons. The molecule has 1 fully saturated rings. The van der Waals surface area contributed by atoms with E-state index < -0.39 is 0 Å². The molecule has 1 aromatic rings. The predicted octanol–water partition coefficient (Wildman–Crippen LogP) is 5.21. The van der Waals surface area contributed by atoms with Crippen LogP contribution in [0, 0.1) is 0 Å². The maximum atomic E-state index is 3.81. The van der Waals surface area contributed by atoms with Gasteiger partial charge >= 0.3 is 0 Å². The first-order valence-corrected chi connectivity index (χ1v) is 8.06. The summed E-state index contributed by atoms with van der Waals surface area (Å²) in [5.74, 6) is 0. The Labute approximate surface area is 119 Å². The van der Waals surface area contributed by atoms with Crippen LogP contribution in [0.5, 0.6) is 0 Å². The van der Waals surface area contributed by atoms with Gasteiger partial charge in [0, 0.05) is 16.6 Å². The second-order valence-corrected chi connectivity index (χ2v) is 6.40. The standard InChI is InChI=1S/C16H24BrN/c1-13(14-9-11-15(17)12-10-14)18-16-7-5-3-2-4-6-8-16/h9-13,16,18H,2-8H2,1H3/t13-/m0/s1. The second kappa shape index (κ2) is 7.30. The van der Waals surface area contributed by atoms with E-state index >= 15 is 0 Å². The number of halogens is 1. The third kappa shape index (κ3) is 4.40. The number of rotatable bonds is 3. The van der Waals surface area contributed by atoms with Gasteiger partial charge in [-0.25, -0.2) is 0 Å². The van der Waals surface area contributed by atoms with Crippen LogP contribution in [-0.4, -0.2) is 6.04 Å². The van der Waals surface area contributed by atoms with E-state index in [1.165, 1.54) is 50.5 Å². The fourth-order valence-corrected chi connectivity index (χ4v) is 3.09. The van der Waals surface area contributed by atoms with Crippen LogP contribution in [-0.2, 0) is 0 Å². The Morgan fingerprint density at radius 2 is 1.56 bits per heavy atom. The van der Waals surface area contributed by atoms with Crippen LogP contribution in [0.4, 0.5) is 0 Å². The quantitative estimate of drug-likeness (QED) is 0.808. The predicted molar refractivity (Wildman–Crippen MR) is 81.8 cm³/mol. The summed E-state index contributed by atoms with van der Waals surface area (Å²) in [6, 6.07) is 9.86. The lowest BCUT2D eigenvalue weighted by atomic mass is 9.95. The van der Waals surface area contributed by atoms with Gasteiger partial charge in [-0.1, -0.05) is 60.2 Å². The molecule has 1 saturated carbocycles. The number of hydrogen-bond acceptors (Lipinski definition) is 1. The van der Waals surface area contributed by atoms with Crippen molar-refractivity contribution in [1.29, 1.82) is 0 Å². The monoisotopic (exact) mass is 309 g/mol. The molecule has 0 saturated heterocycles. The fraction of sp³-hybridized carbons (Fsp3) is 0.625. The molecule has 1 aliphatic rings. The van der Waals surface area contributed by atoms with Crippen molar-refractivity contribution in [3.05, 3.63) is 34.3 Å². The van der Waals surface area contributed by atoms with Gasteiger partial charge in [0.1, 0.15) is 0 Å². The van der Waals surface area contributed by atoms with Crippen LogP contribution in [0.15, 0.2) is 28.7 Å². The number of benzene rings is 1. The molecular weight excluding hydrogens is 286 g/mol. The van der Waals surface area contributed by atoms with Gasteiger partial charge in [-0.3, -0.25) is 0 Å². The molecule has 1 aromatic carbocycles. The highest BCUT2D eigenvalue weighted by Crippen LogP contribution is 2.21. The van der Waals surface area contributed by atoms with Crippen molar-refractivity contribution >= 4 is 15.9 Å². The minimum absolute atomic E-state index is 0.461. The lowest BCUT2D eigenvalue weighted by Crippen LogP contribution is -2.32. The van der Waals surface area contributed by atoms with Gasteiger partial charge in [0.25, 0.3) is 0 Å². The van der Waals surface area contributed by atoms with Gasteiger partial charge in [-0.15, -0.1) is 0 Å². The average molecular weight is 310 g/mol. The highest BCUT2D eigenvalue weighted by molar-refractivity contribution is 9.10. The Hall–Kier alpha value is -0.340. The van der Waals surface area contributed by atoms with Gasteiger partial charge in [-0.05, 0) is 37.5 Å². The molecule has 0 aliphatic heterocycles. The van der Waals surface area contributed by atoms with Crippen molar-refractivity contribution < 1.29 is 0 Å². The molecule has 1 nitrogen and oxygen atoms in total. The Bertz CT molecular complexity index is 339. The lowest BCUT2D eigenvalue weighted by Gasteiger charge is -2.25. The molecule has 1 N–H and O–H groups in total. The van der Waals surface area contributed by atoms with Gasteiger partial charge in [0.2, 0.25) is 0 Å². The summed E-state index contributed by atoms with van der Waals surface area (Å²) in [7, 11) is 0. The van der Waals surface area contributed by atoms with Crippen LogP contribution < -0.4 is 5.32 Å². The molecule has 0 bridgehead atoms. The molecule has 0 aromatic heterocycles. The molecule has 2 rings (SSSR count). The Kier molecular flexibility index (Phi) is 5.71.